The molecule has 4 rings (SSSR count). The summed E-state index contributed by atoms with van der Waals surface area (Å²) in [5.74, 6) is -0.959. The lowest BCUT2D eigenvalue weighted by Crippen LogP contribution is -2.38. The number of nitriles is 1. The first-order valence-corrected chi connectivity index (χ1v) is 9.41. The second-order valence-corrected chi connectivity index (χ2v) is 7.54. The van der Waals surface area contributed by atoms with Crippen molar-refractivity contribution in [3.05, 3.63) is 51.9 Å². The van der Waals surface area contributed by atoms with Crippen LogP contribution in [0.1, 0.15) is 34.0 Å². The molecule has 2 N–H and O–H groups in total. The number of carbonyl (C=O) groups excluding carboxylic acids is 3. The van der Waals surface area contributed by atoms with Gasteiger partial charge in [0.25, 0.3) is 5.91 Å². The van der Waals surface area contributed by atoms with E-state index in [1.807, 2.05) is 6.07 Å². The molecule has 27 heavy (non-hydrogen) atoms. The molecule has 1 saturated heterocycles. The summed E-state index contributed by atoms with van der Waals surface area (Å²) in [5, 5.41) is 15.2. The molecular weight excluding hydrogens is 364 g/mol. The number of hydrogen-bond donors (Lipinski definition) is 2. The number of aryl methyl sites for hydroxylation is 1. The molecule has 1 aromatic heterocycles. The number of hydrogen-bond acceptors (Lipinski definition) is 5. The molecular formula is C19H16N4O3S. The van der Waals surface area contributed by atoms with Gasteiger partial charge in [-0.15, -0.1) is 11.3 Å². The summed E-state index contributed by atoms with van der Waals surface area (Å²) in [6.45, 7) is -0.387. The highest BCUT2D eigenvalue weighted by Gasteiger charge is 2.40. The van der Waals surface area contributed by atoms with E-state index in [0.717, 1.165) is 34.6 Å². The van der Waals surface area contributed by atoms with Crippen molar-refractivity contribution in [2.45, 2.75) is 25.3 Å². The van der Waals surface area contributed by atoms with Gasteiger partial charge in [0.2, 0.25) is 5.91 Å². The fourth-order valence-electron chi connectivity index (χ4n) is 3.46. The van der Waals surface area contributed by atoms with Crippen LogP contribution in [0, 0.1) is 11.3 Å². The smallest absolute Gasteiger partial charge is 0.322 e. The highest BCUT2D eigenvalue weighted by Crippen LogP contribution is 2.38. The van der Waals surface area contributed by atoms with Crippen molar-refractivity contribution in [1.82, 2.24) is 10.2 Å². The van der Waals surface area contributed by atoms with E-state index in [9.17, 15) is 19.6 Å². The third-order valence-corrected chi connectivity index (χ3v) is 5.95. The van der Waals surface area contributed by atoms with Crippen LogP contribution in [-0.2, 0) is 22.4 Å². The first-order valence-electron chi connectivity index (χ1n) is 8.60. The number of urea groups is 1. The van der Waals surface area contributed by atoms with Gasteiger partial charge in [-0.25, -0.2) is 4.79 Å². The van der Waals surface area contributed by atoms with Gasteiger partial charge in [-0.05, 0) is 30.4 Å². The Morgan fingerprint density at radius 1 is 1.30 bits per heavy atom. The second-order valence-electron chi connectivity index (χ2n) is 6.44. The topological polar surface area (TPSA) is 102 Å². The van der Waals surface area contributed by atoms with Crippen molar-refractivity contribution in [2.75, 3.05) is 11.9 Å². The summed E-state index contributed by atoms with van der Waals surface area (Å²) in [7, 11) is 0. The summed E-state index contributed by atoms with van der Waals surface area (Å²) < 4.78 is 0. The van der Waals surface area contributed by atoms with Gasteiger partial charge in [-0.2, -0.15) is 5.26 Å². The fraction of sp³-hybridized carbons (Fsp3) is 0.263. The summed E-state index contributed by atoms with van der Waals surface area (Å²) in [4.78, 5) is 39.2. The molecule has 0 bridgehead atoms. The van der Waals surface area contributed by atoms with Crippen molar-refractivity contribution in [3.8, 4) is 6.07 Å². The van der Waals surface area contributed by atoms with Crippen LogP contribution in [0.3, 0.4) is 0 Å². The average Bonchev–Trinajstić information content (AvgIpc) is 3.31. The maximum absolute atomic E-state index is 12.6. The monoisotopic (exact) mass is 380 g/mol. The first kappa shape index (κ1) is 17.2. The van der Waals surface area contributed by atoms with E-state index >= 15 is 0 Å². The molecule has 1 fully saturated rings. The first-order chi connectivity index (χ1) is 13.1. The number of imide groups is 1. The van der Waals surface area contributed by atoms with Crippen LogP contribution in [0.4, 0.5) is 9.80 Å². The van der Waals surface area contributed by atoms with Gasteiger partial charge in [0, 0.05) is 4.88 Å². The third kappa shape index (κ3) is 3.06. The Labute approximate surface area is 159 Å². The summed E-state index contributed by atoms with van der Waals surface area (Å²) in [6, 6.07) is 9.65. The van der Waals surface area contributed by atoms with E-state index in [4.69, 9.17) is 0 Å². The Balaban J connectivity index is 1.47. The lowest BCUT2D eigenvalue weighted by Gasteiger charge is -2.13. The van der Waals surface area contributed by atoms with Crippen molar-refractivity contribution in [1.29, 1.82) is 5.26 Å². The molecule has 1 aliphatic carbocycles. The molecule has 4 amide bonds. The van der Waals surface area contributed by atoms with Gasteiger partial charge in [0.15, 0.2) is 0 Å². The molecule has 1 unspecified atom stereocenters. The van der Waals surface area contributed by atoms with E-state index in [2.05, 4.69) is 16.7 Å². The number of thiophene rings is 1. The van der Waals surface area contributed by atoms with E-state index in [1.54, 1.807) is 24.3 Å². The third-order valence-electron chi connectivity index (χ3n) is 4.75. The van der Waals surface area contributed by atoms with E-state index in [0.29, 0.717) is 16.1 Å². The van der Waals surface area contributed by atoms with Gasteiger partial charge in [-0.3, -0.25) is 14.5 Å². The predicted molar refractivity (Wildman–Crippen MR) is 99.1 cm³/mol. The van der Waals surface area contributed by atoms with Crippen molar-refractivity contribution < 1.29 is 14.4 Å². The van der Waals surface area contributed by atoms with Gasteiger partial charge in [0.1, 0.15) is 23.7 Å². The Bertz CT molecular complexity index is 977. The van der Waals surface area contributed by atoms with Gasteiger partial charge >= 0.3 is 6.03 Å². The fourth-order valence-corrected chi connectivity index (χ4v) is 4.72. The Morgan fingerprint density at radius 3 is 2.81 bits per heavy atom. The molecule has 1 atom stereocenters. The molecule has 1 aromatic carbocycles. The maximum Gasteiger partial charge on any atom is 0.325 e. The largest absolute Gasteiger partial charge is 0.325 e. The number of anilines is 1. The van der Waals surface area contributed by atoms with Crippen molar-refractivity contribution in [3.63, 3.8) is 0 Å². The van der Waals surface area contributed by atoms with Crippen LogP contribution in [0.15, 0.2) is 30.3 Å². The zero-order chi connectivity index (χ0) is 19.0. The highest BCUT2D eigenvalue weighted by molar-refractivity contribution is 7.16. The summed E-state index contributed by atoms with van der Waals surface area (Å²) in [5.41, 5.74) is 2.18. The Hall–Kier alpha value is -3.18. The number of carbonyl (C=O) groups is 3. The number of rotatable bonds is 4. The zero-order valence-corrected chi connectivity index (χ0v) is 15.1. The molecule has 7 nitrogen and oxygen atoms in total. The van der Waals surface area contributed by atoms with E-state index < -0.39 is 23.9 Å². The van der Waals surface area contributed by atoms with Crippen molar-refractivity contribution >= 4 is 34.2 Å². The quantitative estimate of drug-likeness (QED) is 0.795. The average molecular weight is 380 g/mol. The molecule has 2 aromatic rings. The number of fused-ring (bicyclic) bond motifs is 1. The maximum atomic E-state index is 12.6. The van der Waals surface area contributed by atoms with Crippen LogP contribution in [0.25, 0.3) is 0 Å². The Kier molecular flexibility index (Phi) is 4.38. The van der Waals surface area contributed by atoms with Gasteiger partial charge < -0.3 is 10.6 Å². The summed E-state index contributed by atoms with van der Waals surface area (Å²) >= 11 is 1.40. The molecule has 0 saturated carbocycles. The second kappa shape index (κ2) is 6.85. The molecule has 2 aliphatic rings. The minimum absolute atomic E-state index is 0.387. The minimum Gasteiger partial charge on any atom is -0.322 e. The summed E-state index contributed by atoms with van der Waals surface area (Å²) in [6.07, 6.45) is 2.78. The van der Waals surface area contributed by atoms with Crippen LogP contribution in [-0.4, -0.2) is 29.3 Å². The van der Waals surface area contributed by atoms with Crippen LogP contribution >= 0.6 is 11.3 Å². The van der Waals surface area contributed by atoms with Gasteiger partial charge in [-0.1, -0.05) is 30.3 Å². The van der Waals surface area contributed by atoms with Crippen LogP contribution < -0.4 is 10.6 Å². The molecule has 8 heteroatoms. The number of benzene rings is 1. The lowest BCUT2D eigenvalue weighted by atomic mass is 10.1. The van der Waals surface area contributed by atoms with E-state index in [1.165, 1.54) is 11.3 Å². The molecule has 136 valence electrons. The highest BCUT2D eigenvalue weighted by atomic mass is 32.1. The number of nitrogens with zero attached hydrogens (tertiary/aromatic N) is 2. The predicted octanol–water partition coefficient (Wildman–Crippen LogP) is 2.34. The van der Waals surface area contributed by atoms with Gasteiger partial charge in [0.05, 0.1) is 5.56 Å². The minimum atomic E-state index is -0.785. The Morgan fingerprint density at radius 2 is 2.07 bits per heavy atom. The molecule has 1 aliphatic heterocycles. The van der Waals surface area contributed by atoms with Crippen molar-refractivity contribution in [2.24, 2.45) is 0 Å². The van der Waals surface area contributed by atoms with E-state index in [-0.39, 0.29) is 6.54 Å². The zero-order valence-electron chi connectivity index (χ0n) is 14.3. The number of nitrogens with one attached hydrogen (secondary N) is 2. The normalized spacial score (nSPS) is 18.2. The lowest BCUT2D eigenvalue weighted by molar-refractivity contribution is -0.130. The number of amides is 4. The SMILES string of the molecule is N#Cc1c(NC(=O)CN2C(=O)NC(c3ccccc3)C2=O)sc2c1CCC2. The van der Waals surface area contributed by atoms with Crippen LogP contribution in [0.2, 0.25) is 0 Å². The molecule has 0 spiro atoms. The molecule has 2 heterocycles. The van der Waals surface area contributed by atoms with Crippen LogP contribution in [0.5, 0.6) is 0 Å². The standard InChI is InChI=1S/C19H16N4O3S/c20-9-13-12-7-4-8-14(12)27-17(13)21-15(24)10-23-18(25)16(22-19(23)26)11-5-2-1-3-6-11/h1-3,5-6,16H,4,7-8,10H2,(H,21,24)(H,22,26). The molecule has 0 radical (unpaired) electrons.